The summed E-state index contributed by atoms with van der Waals surface area (Å²) in [5.74, 6) is 0.764. The van der Waals surface area contributed by atoms with E-state index in [9.17, 15) is 4.79 Å². The van der Waals surface area contributed by atoms with Crippen molar-refractivity contribution >= 4 is 21.9 Å². The van der Waals surface area contributed by atoms with Gasteiger partial charge in [-0.1, -0.05) is 28.1 Å². The summed E-state index contributed by atoms with van der Waals surface area (Å²) < 4.78 is 4.39. The molecule has 2 nitrogen and oxygen atoms in total. The number of hydrogen-bond acceptors (Lipinski definition) is 2. The van der Waals surface area contributed by atoms with Crippen LogP contribution in [-0.4, -0.2) is 17.4 Å². The van der Waals surface area contributed by atoms with E-state index in [4.69, 9.17) is 4.74 Å². The Balaban J connectivity index is 2.25. The van der Waals surface area contributed by atoms with E-state index in [1.165, 1.54) is 13.5 Å². The first-order valence-corrected chi connectivity index (χ1v) is 5.42. The molecule has 0 unspecified atom stereocenters. The second-order valence-corrected chi connectivity index (χ2v) is 5.30. The Bertz CT molecular complexity index is 262. The molecular formula is C10H13BrO2. The maximum Gasteiger partial charge on any atom is 0.323 e. The maximum absolute atomic E-state index is 11.6. The minimum Gasteiger partial charge on any atom is -0.468 e. The molecule has 0 heterocycles. The Morgan fingerprint density at radius 1 is 1.54 bits per heavy atom. The zero-order valence-electron chi connectivity index (χ0n) is 7.63. The lowest BCUT2D eigenvalue weighted by molar-refractivity contribution is -0.145. The highest BCUT2D eigenvalue weighted by Crippen LogP contribution is 2.48. The van der Waals surface area contributed by atoms with Gasteiger partial charge in [0.2, 0.25) is 0 Å². The number of methoxy groups -OCH3 is 1. The van der Waals surface area contributed by atoms with Crippen molar-refractivity contribution in [2.75, 3.05) is 7.11 Å². The molecule has 0 aliphatic heterocycles. The highest BCUT2D eigenvalue weighted by atomic mass is 79.9. The topological polar surface area (TPSA) is 26.3 Å². The van der Waals surface area contributed by atoms with Gasteiger partial charge >= 0.3 is 5.97 Å². The van der Waals surface area contributed by atoms with Crippen LogP contribution in [0.3, 0.4) is 0 Å². The highest BCUT2D eigenvalue weighted by molar-refractivity contribution is 9.10. The standard InChI is InChI=1S/C10H13BrO2/c1-13-9(12)10(11)6-7-2-4-8(10)5-3-7/h2,4,7-8H,3,5-6H2,1H3/t7-,8+,10+/m0/s1. The molecule has 2 bridgehead atoms. The van der Waals surface area contributed by atoms with E-state index < -0.39 is 4.32 Å². The smallest absolute Gasteiger partial charge is 0.323 e. The van der Waals surface area contributed by atoms with Crippen LogP contribution in [0, 0.1) is 11.8 Å². The average Bonchev–Trinajstić information content (AvgIpc) is 2.18. The number of ether oxygens (including phenoxy) is 1. The SMILES string of the molecule is COC(=O)[C@@]1(Br)C[C@H]2C=C[C@@H]1CC2. The first-order valence-electron chi connectivity index (χ1n) is 4.62. The molecule has 13 heavy (non-hydrogen) atoms. The van der Waals surface area contributed by atoms with E-state index in [2.05, 4.69) is 28.1 Å². The molecule has 0 N–H and O–H groups in total. The Morgan fingerprint density at radius 2 is 2.31 bits per heavy atom. The summed E-state index contributed by atoms with van der Waals surface area (Å²) in [6.07, 6.45) is 7.59. The molecule has 0 saturated heterocycles. The van der Waals surface area contributed by atoms with Gasteiger partial charge in [-0.2, -0.15) is 0 Å². The predicted octanol–water partition coefficient (Wildman–Crippen LogP) is 2.28. The second kappa shape index (κ2) is 3.12. The number of rotatable bonds is 1. The molecule has 3 atom stereocenters. The van der Waals surface area contributed by atoms with E-state index in [1.807, 2.05) is 0 Å². The Morgan fingerprint density at radius 3 is 2.69 bits per heavy atom. The molecule has 0 aromatic carbocycles. The van der Waals surface area contributed by atoms with E-state index in [-0.39, 0.29) is 5.97 Å². The van der Waals surface area contributed by atoms with Crippen molar-refractivity contribution in [1.29, 1.82) is 0 Å². The molecule has 0 aromatic heterocycles. The van der Waals surface area contributed by atoms with Crippen molar-refractivity contribution in [2.45, 2.75) is 23.6 Å². The van der Waals surface area contributed by atoms with Crippen LogP contribution >= 0.6 is 15.9 Å². The largest absolute Gasteiger partial charge is 0.468 e. The van der Waals surface area contributed by atoms with Crippen molar-refractivity contribution < 1.29 is 9.53 Å². The van der Waals surface area contributed by atoms with Crippen LogP contribution in [0.2, 0.25) is 0 Å². The summed E-state index contributed by atoms with van der Waals surface area (Å²) in [7, 11) is 1.46. The third-order valence-corrected chi connectivity index (χ3v) is 4.37. The van der Waals surface area contributed by atoms with Gasteiger partial charge in [0.05, 0.1) is 7.11 Å². The van der Waals surface area contributed by atoms with Crippen molar-refractivity contribution in [3.63, 3.8) is 0 Å². The molecule has 0 aromatic rings. The fraction of sp³-hybridized carbons (Fsp3) is 0.700. The molecular weight excluding hydrogens is 232 g/mol. The number of halogens is 1. The van der Waals surface area contributed by atoms with E-state index >= 15 is 0 Å². The molecule has 0 amide bonds. The summed E-state index contributed by atoms with van der Waals surface area (Å²) in [5, 5.41) is 0. The van der Waals surface area contributed by atoms with Gasteiger partial charge in [0.25, 0.3) is 0 Å². The van der Waals surface area contributed by atoms with Gasteiger partial charge in [-0.15, -0.1) is 0 Å². The fourth-order valence-corrected chi connectivity index (χ4v) is 3.33. The van der Waals surface area contributed by atoms with Crippen LogP contribution < -0.4 is 0 Å². The summed E-state index contributed by atoms with van der Waals surface area (Å²) >= 11 is 3.55. The van der Waals surface area contributed by atoms with Crippen LogP contribution in [-0.2, 0) is 9.53 Å². The number of allylic oxidation sites excluding steroid dienone is 2. The molecule has 3 rings (SSSR count). The number of hydrogen-bond donors (Lipinski definition) is 0. The van der Waals surface area contributed by atoms with Crippen LogP contribution in [0.15, 0.2) is 12.2 Å². The number of carbonyl (C=O) groups excluding carboxylic acids is 1. The minimum atomic E-state index is -0.431. The molecule has 1 fully saturated rings. The van der Waals surface area contributed by atoms with Gasteiger partial charge in [0.15, 0.2) is 0 Å². The number of carbonyl (C=O) groups is 1. The lowest BCUT2D eigenvalue weighted by Gasteiger charge is -2.42. The third-order valence-electron chi connectivity index (χ3n) is 3.14. The number of alkyl halides is 1. The molecule has 72 valence electrons. The fourth-order valence-electron chi connectivity index (χ4n) is 2.37. The molecule has 1 saturated carbocycles. The van der Waals surface area contributed by atoms with Crippen molar-refractivity contribution in [2.24, 2.45) is 11.8 Å². The van der Waals surface area contributed by atoms with Crippen LogP contribution in [0.1, 0.15) is 19.3 Å². The maximum atomic E-state index is 11.6. The highest BCUT2D eigenvalue weighted by Gasteiger charge is 2.49. The van der Waals surface area contributed by atoms with Gasteiger partial charge < -0.3 is 4.74 Å². The van der Waals surface area contributed by atoms with E-state index in [1.54, 1.807) is 0 Å². The lowest BCUT2D eigenvalue weighted by Crippen LogP contribution is -2.46. The summed E-state index contributed by atoms with van der Waals surface area (Å²) in [4.78, 5) is 11.6. The van der Waals surface area contributed by atoms with Crippen molar-refractivity contribution in [1.82, 2.24) is 0 Å². The first kappa shape index (κ1) is 9.25. The lowest BCUT2D eigenvalue weighted by atomic mass is 9.69. The molecule has 3 aliphatic carbocycles. The zero-order valence-corrected chi connectivity index (χ0v) is 9.21. The quantitative estimate of drug-likeness (QED) is 0.402. The van der Waals surface area contributed by atoms with Gasteiger partial charge in [0, 0.05) is 5.92 Å². The van der Waals surface area contributed by atoms with Gasteiger partial charge in [-0.05, 0) is 25.2 Å². The van der Waals surface area contributed by atoms with Crippen molar-refractivity contribution in [3.8, 4) is 0 Å². The summed E-state index contributed by atoms with van der Waals surface area (Å²) in [6.45, 7) is 0. The Labute approximate surface area is 86.5 Å². The molecule has 3 aliphatic rings. The monoisotopic (exact) mass is 244 g/mol. The predicted molar refractivity (Wildman–Crippen MR) is 53.6 cm³/mol. The third kappa shape index (κ3) is 1.33. The van der Waals surface area contributed by atoms with E-state index in [0.717, 1.165) is 12.8 Å². The van der Waals surface area contributed by atoms with Crippen LogP contribution in [0.25, 0.3) is 0 Å². The molecule has 0 radical (unpaired) electrons. The normalized spacial score (nSPS) is 42.0. The van der Waals surface area contributed by atoms with Gasteiger partial charge in [-0.3, -0.25) is 4.79 Å². The molecule has 0 spiro atoms. The zero-order chi connectivity index (χ0) is 9.47. The summed E-state index contributed by atoms with van der Waals surface area (Å²) in [6, 6.07) is 0. The molecule has 3 heteroatoms. The Hall–Kier alpha value is -0.310. The second-order valence-electron chi connectivity index (χ2n) is 3.89. The van der Waals surface area contributed by atoms with Gasteiger partial charge in [-0.25, -0.2) is 0 Å². The first-order chi connectivity index (χ1) is 6.16. The van der Waals surface area contributed by atoms with Crippen LogP contribution in [0.4, 0.5) is 0 Å². The van der Waals surface area contributed by atoms with Crippen molar-refractivity contribution in [3.05, 3.63) is 12.2 Å². The minimum absolute atomic E-state index is 0.119. The van der Waals surface area contributed by atoms with Crippen LogP contribution in [0.5, 0.6) is 0 Å². The summed E-state index contributed by atoms with van der Waals surface area (Å²) in [5.41, 5.74) is 0. The van der Waals surface area contributed by atoms with Gasteiger partial charge in [0.1, 0.15) is 4.32 Å². The number of fused-ring (bicyclic) bond motifs is 2. The Kier molecular flexibility index (Phi) is 2.22. The number of esters is 1. The average molecular weight is 245 g/mol. The van der Waals surface area contributed by atoms with E-state index in [0.29, 0.717) is 11.8 Å².